The first-order valence-electron chi connectivity index (χ1n) is 6.04. The topological polar surface area (TPSA) is 50.4 Å². The van der Waals surface area contributed by atoms with E-state index in [9.17, 15) is 4.39 Å². The Balaban J connectivity index is 0.00000200. The standard InChI is InChI=1S/C14H16FN3S.HI/c15-12-5-3-11(4-6-12)10-18-14(16)17-8-7-13-2-1-9-19-13;/h1-6,9H,7-8,10H2,(H3,16,17,18);1H. The molecule has 1 heterocycles. The molecule has 3 nitrogen and oxygen atoms in total. The zero-order chi connectivity index (χ0) is 13.5. The van der Waals surface area contributed by atoms with Gasteiger partial charge in [0.2, 0.25) is 0 Å². The Morgan fingerprint density at radius 3 is 2.65 bits per heavy atom. The Bertz CT molecular complexity index is 526. The summed E-state index contributed by atoms with van der Waals surface area (Å²) in [5.74, 6) is 0.177. The summed E-state index contributed by atoms with van der Waals surface area (Å²) in [7, 11) is 0. The highest BCUT2D eigenvalue weighted by Gasteiger charge is 1.96. The second-order valence-corrected chi connectivity index (χ2v) is 5.12. The lowest BCUT2D eigenvalue weighted by Crippen LogP contribution is -2.33. The lowest BCUT2D eigenvalue weighted by Gasteiger charge is -2.04. The molecule has 0 radical (unpaired) electrons. The van der Waals surface area contributed by atoms with Gasteiger partial charge in [-0.15, -0.1) is 35.3 Å². The summed E-state index contributed by atoms with van der Waals surface area (Å²) < 4.78 is 12.7. The van der Waals surface area contributed by atoms with Crippen molar-refractivity contribution < 1.29 is 4.39 Å². The first kappa shape index (κ1) is 16.9. The highest BCUT2D eigenvalue weighted by Crippen LogP contribution is 2.08. The van der Waals surface area contributed by atoms with Gasteiger partial charge in [0.25, 0.3) is 0 Å². The summed E-state index contributed by atoms with van der Waals surface area (Å²) in [6, 6.07) is 10.4. The van der Waals surface area contributed by atoms with Gasteiger partial charge < -0.3 is 11.1 Å². The Morgan fingerprint density at radius 1 is 1.25 bits per heavy atom. The predicted octanol–water partition coefficient (Wildman–Crippen LogP) is 3.15. The largest absolute Gasteiger partial charge is 0.370 e. The average Bonchev–Trinajstić information content (AvgIpc) is 2.91. The Kier molecular flexibility index (Phi) is 7.53. The molecule has 3 N–H and O–H groups in total. The molecule has 0 amide bonds. The van der Waals surface area contributed by atoms with Crippen LogP contribution in [0.5, 0.6) is 0 Å². The van der Waals surface area contributed by atoms with Crippen LogP contribution in [0.25, 0.3) is 0 Å². The van der Waals surface area contributed by atoms with Crippen LogP contribution in [0.3, 0.4) is 0 Å². The second-order valence-electron chi connectivity index (χ2n) is 4.08. The van der Waals surface area contributed by atoms with Crippen LogP contribution < -0.4 is 11.1 Å². The second kappa shape index (κ2) is 8.91. The summed E-state index contributed by atoms with van der Waals surface area (Å²) in [4.78, 5) is 5.53. The highest BCUT2D eigenvalue weighted by atomic mass is 127. The zero-order valence-corrected chi connectivity index (χ0v) is 14.0. The predicted molar refractivity (Wildman–Crippen MR) is 93.2 cm³/mol. The van der Waals surface area contributed by atoms with E-state index in [2.05, 4.69) is 21.8 Å². The molecule has 2 aromatic rings. The van der Waals surface area contributed by atoms with Gasteiger partial charge in [-0.1, -0.05) is 18.2 Å². The number of hydrogen-bond acceptors (Lipinski definition) is 2. The van der Waals surface area contributed by atoms with Crippen molar-refractivity contribution in [2.45, 2.75) is 13.0 Å². The number of nitrogens with zero attached hydrogens (tertiary/aromatic N) is 1. The molecule has 1 aromatic carbocycles. The van der Waals surface area contributed by atoms with Crippen molar-refractivity contribution in [3.8, 4) is 0 Å². The van der Waals surface area contributed by atoms with Crippen molar-refractivity contribution in [1.82, 2.24) is 5.32 Å². The smallest absolute Gasteiger partial charge is 0.188 e. The quantitative estimate of drug-likeness (QED) is 0.456. The van der Waals surface area contributed by atoms with Crippen molar-refractivity contribution >= 4 is 41.3 Å². The SMILES string of the molecule is I.NC(=NCc1ccc(F)cc1)NCCc1cccs1. The number of aliphatic imine (C=N–C) groups is 1. The van der Waals surface area contributed by atoms with Gasteiger partial charge in [0, 0.05) is 11.4 Å². The van der Waals surface area contributed by atoms with E-state index >= 15 is 0 Å². The van der Waals surface area contributed by atoms with Crippen LogP contribution in [0.4, 0.5) is 4.39 Å². The molecular formula is C14H17FIN3S. The van der Waals surface area contributed by atoms with Gasteiger partial charge in [-0.3, -0.25) is 0 Å². The van der Waals surface area contributed by atoms with Gasteiger partial charge in [0.15, 0.2) is 5.96 Å². The number of nitrogens with two attached hydrogens (primary N) is 1. The Morgan fingerprint density at radius 2 is 2.00 bits per heavy atom. The minimum Gasteiger partial charge on any atom is -0.370 e. The van der Waals surface area contributed by atoms with E-state index in [0.29, 0.717) is 12.5 Å². The number of guanidine groups is 1. The first-order chi connectivity index (χ1) is 9.24. The maximum absolute atomic E-state index is 12.7. The van der Waals surface area contributed by atoms with E-state index in [0.717, 1.165) is 18.5 Å². The summed E-state index contributed by atoms with van der Waals surface area (Å²) in [6.45, 7) is 1.22. The molecule has 0 unspecified atom stereocenters. The number of halogens is 2. The molecule has 0 bridgehead atoms. The van der Waals surface area contributed by atoms with E-state index < -0.39 is 0 Å². The van der Waals surface area contributed by atoms with Gasteiger partial charge in [-0.2, -0.15) is 0 Å². The zero-order valence-electron chi connectivity index (χ0n) is 10.9. The monoisotopic (exact) mass is 405 g/mol. The van der Waals surface area contributed by atoms with Gasteiger partial charge in [-0.25, -0.2) is 9.38 Å². The van der Waals surface area contributed by atoms with Gasteiger partial charge in [0.05, 0.1) is 6.54 Å². The van der Waals surface area contributed by atoms with Crippen LogP contribution in [0.2, 0.25) is 0 Å². The first-order valence-corrected chi connectivity index (χ1v) is 6.92. The van der Waals surface area contributed by atoms with E-state index in [-0.39, 0.29) is 29.8 Å². The summed E-state index contributed by atoms with van der Waals surface area (Å²) in [5.41, 5.74) is 6.69. The third-order valence-corrected chi connectivity index (χ3v) is 3.54. The number of nitrogens with one attached hydrogen (secondary N) is 1. The maximum Gasteiger partial charge on any atom is 0.188 e. The number of thiophene rings is 1. The minimum absolute atomic E-state index is 0. The third kappa shape index (κ3) is 5.87. The maximum atomic E-state index is 12.7. The van der Waals surface area contributed by atoms with Crippen LogP contribution in [-0.2, 0) is 13.0 Å². The van der Waals surface area contributed by atoms with E-state index in [1.165, 1.54) is 17.0 Å². The van der Waals surface area contributed by atoms with Crippen LogP contribution in [0, 0.1) is 5.82 Å². The summed E-state index contributed by atoms with van der Waals surface area (Å²) in [6.07, 6.45) is 0.935. The molecule has 0 saturated carbocycles. The summed E-state index contributed by atoms with van der Waals surface area (Å²) >= 11 is 1.73. The molecule has 2 rings (SSSR count). The lowest BCUT2D eigenvalue weighted by molar-refractivity contribution is 0.627. The normalized spacial score (nSPS) is 10.9. The molecule has 1 aromatic heterocycles. The van der Waals surface area contributed by atoms with E-state index in [4.69, 9.17) is 5.73 Å². The van der Waals surface area contributed by atoms with Crippen molar-refractivity contribution in [3.63, 3.8) is 0 Å². The van der Waals surface area contributed by atoms with Crippen LogP contribution >= 0.6 is 35.3 Å². The lowest BCUT2D eigenvalue weighted by atomic mass is 10.2. The third-order valence-electron chi connectivity index (χ3n) is 2.60. The fraction of sp³-hybridized carbons (Fsp3) is 0.214. The molecule has 0 saturated heterocycles. The fourth-order valence-electron chi connectivity index (χ4n) is 1.59. The molecule has 0 aliphatic heterocycles. The van der Waals surface area contributed by atoms with Crippen LogP contribution in [0.15, 0.2) is 46.8 Å². The molecule has 108 valence electrons. The molecule has 20 heavy (non-hydrogen) atoms. The van der Waals surface area contributed by atoms with E-state index in [1.807, 2.05) is 6.07 Å². The molecule has 0 fully saturated rings. The summed E-state index contributed by atoms with van der Waals surface area (Å²) in [5, 5.41) is 5.12. The van der Waals surface area contributed by atoms with Crippen molar-refractivity contribution in [3.05, 3.63) is 58.0 Å². The molecule has 0 atom stereocenters. The molecule has 0 aliphatic carbocycles. The average molecular weight is 405 g/mol. The van der Waals surface area contributed by atoms with Gasteiger partial charge in [0.1, 0.15) is 5.82 Å². The minimum atomic E-state index is -0.241. The fourth-order valence-corrected chi connectivity index (χ4v) is 2.30. The Labute approximate surface area is 139 Å². The molecular weight excluding hydrogens is 388 g/mol. The van der Waals surface area contributed by atoms with Gasteiger partial charge in [-0.05, 0) is 35.6 Å². The van der Waals surface area contributed by atoms with Crippen LogP contribution in [-0.4, -0.2) is 12.5 Å². The van der Waals surface area contributed by atoms with Crippen molar-refractivity contribution in [2.75, 3.05) is 6.54 Å². The van der Waals surface area contributed by atoms with Crippen molar-refractivity contribution in [2.24, 2.45) is 10.7 Å². The van der Waals surface area contributed by atoms with Gasteiger partial charge >= 0.3 is 0 Å². The molecule has 0 aliphatic rings. The molecule has 0 spiro atoms. The molecule has 6 heteroatoms. The highest BCUT2D eigenvalue weighted by molar-refractivity contribution is 14.0. The van der Waals surface area contributed by atoms with Crippen LogP contribution in [0.1, 0.15) is 10.4 Å². The number of hydrogen-bond donors (Lipinski definition) is 2. The van der Waals surface area contributed by atoms with E-state index in [1.54, 1.807) is 23.5 Å². The number of benzene rings is 1. The Hall–Kier alpha value is -1.15. The van der Waals surface area contributed by atoms with Crippen molar-refractivity contribution in [1.29, 1.82) is 0 Å². The number of rotatable bonds is 5.